The van der Waals surface area contributed by atoms with E-state index in [0.29, 0.717) is 101 Å². The maximum atomic E-state index is 14.5. The number of hydrogen-bond acceptors (Lipinski definition) is 20. The zero-order valence-corrected chi connectivity index (χ0v) is 46.9. The third-order valence-corrected chi connectivity index (χ3v) is 18.4. The minimum atomic E-state index is -0.809. The molecule has 0 aliphatic carbocycles. The lowest BCUT2D eigenvalue weighted by atomic mass is 9.81. The summed E-state index contributed by atoms with van der Waals surface area (Å²) in [5.74, 6) is -0.0545. The topological polar surface area (TPSA) is 219 Å². The quantitative estimate of drug-likeness (QED) is 0.134. The Morgan fingerprint density at radius 3 is 2.20 bits per heavy atom. The van der Waals surface area contributed by atoms with Gasteiger partial charge in [0.25, 0.3) is 0 Å². The van der Waals surface area contributed by atoms with E-state index in [1.807, 2.05) is 38.2 Å². The first-order valence-corrected chi connectivity index (χ1v) is 29.5. The Morgan fingerprint density at radius 1 is 0.725 bits per heavy atom. The fourth-order valence-corrected chi connectivity index (χ4v) is 14.2. The van der Waals surface area contributed by atoms with E-state index in [2.05, 4.69) is 55.3 Å². The molecule has 13 heterocycles. The summed E-state index contributed by atoms with van der Waals surface area (Å²) in [7, 11) is 3.65. The lowest BCUT2D eigenvalue weighted by Gasteiger charge is -2.47. The van der Waals surface area contributed by atoms with E-state index in [4.69, 9.17) is 52.1 Å². The number of aryl methyl sites for hydroxylation is 1. The number of ketones is 1. The summed E-state index contributed by atoms with van der Waals surface area (Å²) in [5.41, 5.74) is 5.42. The Hall–Kier alpha value is -4.13. The molecule has 20 nitrogen and oxygen atoms in total. The first kappa shape index (κ1) is 56.4. The number of aliphatic hydroxyl groups excluding tert-OH is 1. The zero-order chi connectivity index (χ0) is 55.1. The lowest BCUT2D eigenvalue weighted by Crippen LogP contribution is -2.61. The highest BCUT2D eigenvalue weighted by Gasteiger charge is 2.69. The number of aliphatic hydroxyl groups is 1. The lowest BCUT2D eigenvalue weighted by molar-refractivity contribution is -0.292. The van der Waals surface area contributed by atoms with Gasteiger partial charge in [-0.05, 0) is 106 Å². The number of Topliss-reactive ketones (excluding diaryl/α,β-unsaturated/α-hetero) is 1. The highest BCUT2D eigenvalue weighted by Crippen LogP contribution is 2.54. The fraction of sp³-hybridized carbons (Fsp3) is 0.717. The molecule has 0 amide bonds. The van der Waals surface area contributed by atoms with Crippen molar-refractivity contribution in [1.29, 1.82) is 0 Å². The Morgan fingerprint density at radius 2 is 1.44 bits per heavy atom. The van der Waals surface area contributed by atoms with Gasteiger partial charge in [-0.1, -0.05) is 32.2 Å². The van der Waals surface area contributed by atoms with Gasteiger partial charge in [0, 0.05) is 77.0 Å². The average Bonchev–Trinajstić information content (AvgIpc) is 4.31. The van der Waals surface area contributed by atoms with Crippen LogP contribution in [-0.4, -0.2) is 203 Å². The maximum absolute atomic E-state index is 14.5. The molecule has 20 heteroatoms. The Kier molecular flexibility index (Phi) is 17.3. The highest BCUT2D eigenvalue weighted by molar-refractivity contribution is 5.79. The van der Waals surface area contributed by atoms with Crippen LogP contribution in [0.5, 0.6) is 0 Å². The van der Waals surface area contributed by atoms with Crippen molar-refractivity contribution in [3.05, 3.63) is 72.1 Å². The molecular weight excluding hydrogens is 1030 g/mol. The van der Waals surface area contributed by atoms with Gasteiger partial charge >= 0.3 is 0 Å². The number of ether oxygens (including phenoxy) is 11. The Bertz CT molecular complexity index is 2620. The van der Waals surface area contributed by atoms with Crippen molar-refractivity contribution < 1.29 is 62.0 Å². The van der Waals surface area contributed by atoms with Gasteiger partial charge in [-0.2, -0.15) is 0 Å². The van der Waals surface area contributed by atoms with Crippen LogP contribution in [0.1, 0.15) is 102 Å². The molecule has 80 heavy (non-hydrogen) atoms. The van der Waals surface area contributed by atoms with Crippen molar-refractivity contribution in [1.82, 2.24) is 35.3 Å². The van der Waals surface area contributed by atoms with Gasteiger partial charge in [0.15, 0.2) is 5.79 Å². The van der Waals surface area contributed by atoms with Crippen LogP contribution < -0.4 is 0 Å². The molecular formula is C60H81N7O13. The Labute approximate surface area is 469 Å². The molecule has 1 spiro atoms. The van der Waals surface area contributed by atoms with Crippen molar-refractivity contribution in [2.45, 2.75) is 207 Å². The molecule has 0 aromatic carbocycles. The molecule has 13 rings (SSSR count). The number of methoxy groups -OCH3 is 1. The number of carbonyl (C=O) groups excluding carboxylic acids is 1. The monoisotopic (exact) mass is 1110 g/mol. The van der Waals surface area contributed by atoms with E-state index in [0.717, 1.165) is 60.8 Å². The van der Waals surface area contributed by atoms with Crippen LogP contribution in [0.15, 0.2) is 61.0 Å². The number of aromatic nitrogens is 6. The second-order valence-corrected chi connectivity index (χ2v) is 24.2. The number of nitrogens with zero attached hydrogens (tertiary/aromatic N) is 7. The second-order valence-electron chi connectivity index (χ2n) is 24.2. The molecule has 3 aromatic heterocycles. The van der Waals surface area contributed by atoms with Crippen molar-refractivity contribution in [2.75, 3.05) is 53.7 Å². The van der Waals surface area contributed by atoms with Crippen LogP contribution in [0.2, 0.25) is 0 Å². The third kappa shape index (κ3) is 12.4. The van der Waals surface area contributed by atoms with Gasteiger partial charge in [0.05, 0.1) is 93.6 Å². The van der Waals surface area contributed by atoms with E-state index >= 15 is 0 Å². The fourth-order valence-electron chi connectivity index (χ4n) is 14.2. The number of fused-ring (bicyclic) bond motifs is 6. The van der Waals surface area contributed by atoms with E-state index in [1.165, 1.54) is 0 Å². The molecule has 10 aliphatic rings. The summed E-state index contributed by atoms with van der Waals surface area (Å²) in [6.07, 6.45) is 8.29. The maximum Gasteiger partial charge on any atom is 0.221 e. The number of hydrogen-bond donors (Lipinski definition) is 1. The van der Waals surface area contributed by atoms with Crippen molar-refractivity contribution in [3.63, 3.8) is 0 Å². The number of likely N-dealkylation sites (N-methyl/N-ethyl adjacent to an activating group) is 1. The molecule has 0 radical (unpaired) electrons. The van der Waals surface area contributed by atoms with Gasteiger partial charge in [-0.3, -0.25) is 14.8 Å². The molecule has 12 bridgehead atoms. The smallest absolute Gasteiger partial charge is 0.221 e. The third-order valence-electron chi connectivity index (χ3n) is 18.4. The predicted octanol–water partition coefficient (Wildman–Crippen LogP) is 5.70. The first-order chi connectivity index (χ1) is 38.8. The first-order valence-electron chi connectivity index (χ1n) is 29.5. The van der Waals surface area contributed by atoms with Crippen LogP contribution in [0.3, 0.4) is 0 Å². The largest absolute Gasteiger partial charge is 0.392 e. The van der Waals surface area contributed by atoms with E-state index in [1.54, 1.807) is 19.5 Å². The highest BCUT2D eigenvalue weighted by atomic mass is 16.8. The molecule has 3 aromatic rings. The summed E-state index contributed by atoms with van der Waals surface area (Å²) >= 11 is 0. The van der Waals surface area contributed by atoms with Gasteiger partial charge in [-0.25, -0.2) is 0 Å². The van der Waals surface area contributed by atoms with Crippen molar-refractivity contribution >= 4 is 5.78 Å². The molecule has 10 saturated heterocycles. The summed E-state index contributed by atoms with van der Waals surface area (Å²) in [5, 5.41) is 28.4. The van der Waals surface area contributed by atoms with Crippen LogP contribution in [0.25, 0.3) is 23.0 Å². The minimum absolute atomic E-state index is 0.00770. The molecule has 10 fully saturated rings. The van der Waals surface area contributed by atoms with Gasteiger partial charge in [-0.15, -0.1) is 20.4 Å². The minimum Gasteiger partial charge on any atom is -0.392 e. The van der Waals surface area contributed by atoms with Gasteiger partial charge in [0.2, 0.25) is 11.6 Å². The van der Waals surface area contributed by atoms with Gasteiger partial charge < -0.3 is 62.1 Å². The summed E-state index contributed by atoms with van der Waals surface area (Å²) in [6.45, 7) is 16.1. The standard InChI is InChI=1S/C60H81N7O13/c1-33-7-11-44(61-30-33)58-63-65-59(66-64-58)45-12-8-37(31-62-45)16-19-71-21-22-72-20-18-67(5)32-39(69)27-50-52(70-6)43-26-38(68)25-41-10-14-47-53(75-41)57-56-55(77-47)54-51(78-56)29-60(79-54,80-57)17-15-42-24-35(3)46(73-42)13-9-40-23-34(2)36(4)48(74-40)28-49(43)76-50/h7-8,11-12,30-31,34,39-43,46-57,69H,3-4,9-10,13-29,32H2,1-2,5-6H3/t34-,39+,40+,41-,42+,43+,46+,47+,48-,49+,50-,51-,52-,53+,54+,55+,56?,57+,60+/m1/s1. The van der Waals surface area contributed by atoms with Crippen LogP contribution in [0, 0.1) is 18.8 Å². The molecule has 434 valence electrons. The molecule has 1 unspecified atom stereocenters. The van der Waals surface area contributed by atoms with E-state index in [-0.39, 0.29) is 110 Å². The molecule has 10 aliphatic heterocycles. The van der Waals surface area contributed by atoms with Crippen molar-refractivity contribution in [2.24, 2.45) is 11.8 Å². The summed E-state index contributed by atoms with van der Waals surface area (Å²) in [4.78, 5) is 25.4. The SMILES string of the molecule is C=C1C[C@@H]2CC[C@@]34C[C@H]5OC6[C@@H](O[C@H]7CC[C@H](CC(=O)C[C@@H]8[C@@H](OC)[C@@H](C[C@H](O)CN(C)CCOCCOCCc9ccc(-c%10nnc(-c%11ccc(C)cn%11)nn%10)nc9)O[C@H]8C[C@H]8O[C@@H](CC[C@@H]1O2)C[C@@H](C)C8=C)O[C@@H]7[C@@H]6O3)[C@H]5O4. The van der Waals surface area contributed by atoms with Crippen LogP contribution in [-0.2, 0) is 63.3 Å². The van der Waals surface area contributed by atoms with Crippen LogP contribution in [0.4, 0.5) is 0 Å². The van der Waals surface area contributed by atoms with E-state index < -0.39 is 24.1 Å². The summed E-state index contributed by atoms with van der Waals surface area (Å²) in [6, 6.07) is 7.60. The summed E-state index contributed by atoms with van der Waals surface area (Å²) < 4.78 is 72.9. The number of rotatable bonds is 16. The molecule has 0 saturated carbocycles. The van der Waals surface area contributed by atoms with E-state index in [9.17, 15) is 9.90 Å². The second kappa shape index (κ2) is 24.6. The van der Waals surface area contributed by atoms with Crippen LogP contribution >= 0.6 is 0 Å². The number of pyridine rings is 2. The molecule has 1 N–H and O–H groups in total. The normalized spacial score (nSPS) is 38.2. The average molecular weight is 1110 g/mol. The number of carbonyl (C=O) groups is 1. The Balaban J connectivity index is 0.631. The van der Waals surface area contributed by atoms with Gasteiger partial charge in [0.1, 0.15) is 47.7 Å². The van der Waals surface area contributed by atoms with Crippen molar-refractivity contribution in [3.8, 4) is 23.0 Å². The zero-order valence-electron chi connectivity index (χ0n) is 46.9. The predicted molar refractivity (Wildman–Crippen MR) is 289 cm³/mol. The molecule has 19 atom stereocenters.